The monoisotopic (exact) mass is 419 g/mol. The number of thioether (sulfide) groups is 1. The molecule has 29 heavy (non-hydrogen) atoms. The summed E-state index contributed by atoms with van der Waals surface area (Å²) in [6.07, 6.45) is 2.45. The van der Waals surface area contributed by atoms with Gasteiger partial charge in [-0.15, -0.1) is 11.8 Å². The van der Waals surface area contributed by atoms with Gasteiger partial charge in [-0.2, -0.15) is 0 Å². The predicted molar refractivity (Wildman–Crippen MR) is 109 cm³/mol. The fourth-order valence-corrected chi connectivity index (χ4v) is 4.61. The number of hydrogen-bond acceptors (Lipinski definition) is 3. The van der Waals surface area contributed by atoms with Gasteiger partial charge in [0.15, 0.2) is 0 Å². The summed E-state index contributed by atoms with van der Waals surface area (Å²) in [5.74, 6) is -1.95. The van der Waals surface area contributed by atoms with Crippen molar-refractivity contribution in [2.75, 3.05) is 5.32 Å². The summed E-state index contributed by atoms with van der Waals surface area (Å²) >= 11 is 1.35. The number of halogens is 2. The van der Waals surface area contributed by atoms with Crippen LogP contribution < -0.4 is 5.32 Å². The zero-order valence-corrected chi connectivity index (χ0v) is 17.1. The van der Waals surface area contributed by atoms with Gasteiger partial charge in [0.2, 0.25) is 0 Å². The Morgan fingerprint density at radius 3 is 2.38 bits per heavy atom. The van der Waals surface area contributed by atoms with Crippen LogP contribution in [-0.2, 0) is 4.79 Å². The highest BCUT2D eigenvalue weighted by molar-refractivity contribution is 8.00. The number of carbonyl (C=O) groups is 2. The molecule has 0 atom stereocenters. The second-order valence-electron chi connectivity index (χ2n) is 7.75. The minimum atomic E-state index is -0.790. The maximum absolute atomic E-state index is 14.3. The number of aliphatic carboxylic acids is 1. The predicted octanol–water partition coefficient (Wildman–Crippen LogP) is 5.65. The smallest absolute Gasteiger partial charge is 0.309 e. The Morgan fingerprint density at radius 1 is 1.10 bits per heavy atom. The quantitative estimate of drug-likeness (QED) is 0.657. The van der Waals surface area contributed by atoms with Gasteiger partial charge in [0.05, 0.1) is 5.41 Å². The maximum atomic E-state index is 14.3. The minimum absolute atomic E-state index is 0.106. The van der Waals surface area contributed by atoms with Gasteiger partial charge >= 0.3 is 5.97 Å². The number of anilines is 1. The van der Waals surface area contributed by atoms with Crippen molar-refractivity contribution >= 4 is 29.3 Å². The van der Waals surface area contributed by atoms with Gasteiger partial charge < -0.3 is 10.4 Å². The van der Waals surface area contributed by atoms with Crippen LogP contribution in [0.1, 0.15) is 48.5 Å². The molecule has 1 aliphatic rings. The number of aryl methyl sites for hydroxylation is 1. The third-order valence-corrected chi connectivity index (χ3v) is 6.83. The van der Waals surface area contributed by atoms with Crippen LogP contribution in [0.2, 0.25) is 0 Å². The Labute approximate surface area is 172 Å². The van der Waals surface area contributed by atoms with Crippen LogP contribution in [0.5, 0.6) is 0 Å². The van der Waals surface area contributed by atoms with Gasteiger partial charge in [-0.3, -0.25) is 9.59 Å². The summed E-state index contributed by atoms with van der Waals surface area (Å²) < 4.78 is 27.7. The van der Waals surface area contributed by atoms with Crippen LogP contribution in [0, 0.1) is 24.0 Å². The van der Waals surface area contributed by atoms with Crippen molar-refractivity contribution in [2.24, 2.45) is 5.41 Å². The highest BCUT2D eigenvalue weighted by Crippen LogP contribution is 2.42. The van der Waals surface area contributed by atoms with Crippen molar-refractivity contribution in [1.29, 1.82) is 0 Å². The van der Waals surface area contributed by atoms with Crippen molar-refractivity contribution in [3.8, 4) is 0 Å². The van der Waals surface area contributed by atoms with E-state index in [4.69, 9.17) is 0 Å². The number of rotatable bonds is 5. The lowest BCUT2D eigenvalue weighted by Gasteiger charge is -2.33. The van der Waals surface area contributed by atoms with Gasteiger partial charge in [0.25, 0.3) is 5.91 Å². The van der Waals surface area contributed by atoms with Gasteiger partial charge in [-0.1, -0.05) is 0 Å². The van der Waals surface area contributed by atoms with E-state index in [1.807, 2.05) is 0 Å². The van der Waals surface area contributed by atoms with Crippen LogP contribution in [0.15, 0.2) is 41.3 Å². The molecular weight excluding hydrogens is 396 g/mol. The molecule has 0 aliphatic heterocycles. The Hall–Kier alpha value is -2.41. The molecule has 3 rings (SSSR count). The average Bonchev–Trinajstić information content (AvgIpc) is 2.68. The lowest BCUT2D eigenvalue weighted by Crippen LogP contribution is -2.33. The summed E-state index contributed by atoms with van der Waals surface area (Å²) in [5, 5.41) is 12.1. The molecule has 2 aromatic rings. The summed E-state index contributed by atoms with van der Waals surface area (Å²) in [6, 6.07) is 8.47. The van der Waals surface area contributed by atoms with Crippen LogP contribution in [0.4, 0.5) is 14.5 Å². The molecule has 0 heterocycles. The zero-order chi connectivity index (χ0) is 21.2. The number of benzene rings is 2. The molecule has 4 nitrogen and oxygen atoms in total. The van der Waals surface area contributed by atoms with E-state index in [9.17, 15) is 23.5 Å². The third kappa shape index (κ3) is 4.96. The molecule has 2 N–H and O–H groups in total. The molecule has 1 fully saturated rings. The third-order valence-electron chi connectivity index (χ3n) is 5.46. The molecule has 0 aromatic heterocycles. The molecule has 2 aromatic carbocycles. The maximum Gasteiger partial charge on any atom is 0.309 e. The number of amides is 1. The molecule has 0 unspecified atom stereocenters. The van der Waals surface area contributed by atoms with Crippen LogP contribution in [0.25, 0.3) is 0 Å². The van der Waals surface area contributed by atoms with Gasteiger partial charge in [0.1, 0.15) is 11.6 Å². The molecule has 0 saturated heterocycles. The van der Waals surface area contributed by atoms with Crippen LogP contribution in [0.3, 0.4) is 0 Å². The fraction of sp³-hybridized carbons (Fsp3) is 0.364. The van der Waals surface area contributed by atoms with Crippen molar-refractivity contribution in [3.63, 3.8) is 0 Å². The molecule has 0 bridgehead atoms. The molecule has 154 valence electrons. The van der Waals surface area contributed by atoms with Gasteiger partial charge in [-0.25, -0.2) is 8.78 Å². The molecule has 0 spiro atoms. The highest BCUT2D eigenvalue weighted by atomic mass is 32.2. The normalized spacial score (nSPS) is 21.6. The van der Waals surface area contributed by atoms with Crippen molar-refractivity contribution in [2.45, 2.75) is 49.7 Å². The van der Waals surface area contributed by atoms with E-state index in [-0.39, 0.29) is 11.1 Å². The molecular formula is C22H23F2NO3S. The lowest BCUT2D eigenvalue weighted by atomic mass is 9.76. The Kier molecular flexibility index (Phi) is 6.27. The van der Waals surface area contributed by atoms with Crippen molar-refractivity contribution in [3.05, 3.63) is 59.2 Å². The van der Waals surface area contributed by atoms with Gasteiger partial charge in [0, 0.05) is 21.4 Å². The van der Waals surface area contributed by atoms with E-state index >= 15 is 0 Å². The molecule has 7 heteroatoms. The topological polar surface area (TPSA) is 66.4 Å². The standard InChI is InChI=1S/C22H23F2NO3S/c1-13-11-15(4-6-17(13)23)25-20(26)14-3-5-18(24)19(12-14)29-16-7-9-22(2,10-8-16)21(27)28/h3-6,11-12,16H,7-10H2,1-2H3,(H,25,26)(H,27,28). The van der Waals surface area contributed by atoms with Crippen molar-refractivity contribution < 1.29 is 23.5 Å². The number of carboxylic acid groups (broad SMARTS) is 1. The summed E-state index contributed by atoms with van der Waals surface area (Å²) in [6.45, 7) is 3.36. The Balaban J connectivity index is 1.69. The van der Waals surface area contributed by atoms with E-state index in [0.717, 1.165) is 0 Å². The number of carboxylic acids is 1. The average molecular weight is 419 g/mol. The fourth-order valence-electron chi connectivity index (χ4n) is 3.40. The van der Waals surface area contributed by atoms with Gasteiger partial charge in [-0.05, 0) is 81.5 Å². The second-order valence-corrected chi connectivity index (χ2v) is 9.09. The molecule has 1 saturated carbocycles. The number of carbonyl (C=O) groups excluding carboxylic acids is 1. The molecule has 0 radical (unpaired) electrons. The van der Waals surface area contributed by atoms with E-state index in [1.165, 1.54) is 48.2 Å². The minimum Gasteiger partial charge on any atom is -0.481 e. The summed E-state index contributed by atoms with van der Waals surface area (Å²) in [7, 11) is 0. The first kappa shape index (κ1) is 21.3. The van der Waals surface area contributed by atoms with Crippen LogP contribution >= 0.6 is 11.8 Å². The Morgan fingerprint density at radius 2 is 1.76 bits per heavy atom. The largest absolute Gasteiger partial charge is 0.481 e. The lowest BCUT2D eigenvalue weighted by molar-refractivity contribution is -0.149. The van der Waals surface area contributed by atoms with E-state index in [1.54, 1.807) is 13.8 Å². The van der Waals surface area contributed by atoms with E-state index in [2.05, 4.69) is 5.32 Å². The molecule has 1 amide bonds. The van der Waals surface area contributed by atoms with Crippen molar-refractivity contribution in [1.82, 2.24) is 0 Å². The van der Waals surface area contributed by atoms with E-state index < -0.39 is 23.1 Å². The molecule has 1 aliphatic carbocycles. The summed E-state index contributed by atoms with van der Waals surface area (Å²) in [5.41, 5.74) is 0.475. The SMILES string of the molecule is Cc1cc(NC(=O)c2ccc(F)c(SC3CCC(C)(C(=O)O)CC3)c2)ccc1F. The zero-order valence-electron chi connectivity index (χ0n) is 16.3. The van der Waals surface area contributed by atoms with E-state index in [0.29, 0.717) is 47.4 Å². The number of nitrogens with one attached hydrogen (secondary N) is 1. The van der Waals surface area contributed by atoms with Crippen LogP contribution in [-0.4, -0.2) is 22.2 Å². The Bertz CT molecular complexity index is 940. The summed E-state index contributed by atoms with van der Waals surface area (Å²) in [4.78, 5) is 24.3. The second kappa shape index (κ2) is 8.53. The first-order valence-corrected chi connectivity index (χ1v) is 10.3. The first-order valence-electron chi connectivity index (χ1n) is 9.45. The first-order chi connectivity index (χ1) is 13.7. The number of hydrogen-bond donors (Lipinski definition) is 2. The highest BCUT2D eigenvalue weighted by Gasteiger charge is 2.37.